The number of phenols is 1. The molecule has 4 N–H and O–H groups in total. The molecule has 6 rings (SSSR count). The number of hydrogen-bond acceptors (Lipinski definition) is 5. The van der Waals surface area contributed by atoms with Crippen LogP contribution in [-0.4, -0.2) is 31.8 Å². The number of hydrogen-bond donors (Lipinski definition) is 4. The number of anilines is 1. The van der Waals surface area contributed by atoms with Gasteiger partial charge in [-0.15, -0.1) is 0 Å². The first kappa shape index (κ1) is 24.9. The second-order valence-corrected chi connectivity index (χ2v) is 10.5. The molecule has 0 bridgehead atoms. The lowest BCUT2D eigenvalue weighted by Gasteiger charge is -2.12. The zero-order valence-corrected chi connectivity index (χ0v) is 22.6. The predicted octanol–water partition coefficient (Wildman–Crippen LogP) is 5.83. The van der Waals surface area contributed by atoms with Gasteiger partial charge in [0.05, 0.1) is 16.4 Å². The number of rotatable bonds is 8. The normalized spacial score (nSPS) is 16.1. The van der Waals surface area contributed by atoms with Crippen LogP contribution in [0, 0.1) is 0 Å². The van der Waals surface area contributed by atoms with E-state index < -0.39 is 0 Å². The topological polar surface area (TPSA) is 104 Å². The van der Waals surface area contributed by atoms with Crippen molar-refractivity contribution < 1.29 is 9.90 Å². The summed E-state index contributed by atoms with van der Waals surface area (Å²) < 4.78 is 2.49. The van der Waals surface area contributed by atoms with E-state index in [1.165, 1.54) is 5.56 Å². The van der Waals surface area contributed by atoms with E-state index in [0.717, 1.165) is 27.8 Å². The molecule has 1 aliphatic rings. The highest BCUT2D eigenvalue weighted by molar-refractivity contribution is 9.10. The van der Waals surface area contributed by atoms with Crippen LogP contribution in [0.5, 0.6) is 5.75 Å². The van der Waals surface area contributed by atoms with Crippen LogP contribution in [0.25, 0.3) is 16.9 Å². The molecule has 1 saturated carbocycles. The molecule has 2 atom stereocenters. The summed E-state index contributed by atoms with van der Waals surface area (Å²) in [4.78, 5) is 17.0. The Labute approximate surface area is 234 Å². The Morgan fingerprint density at radius 2 is 1.69 bits per heavy atom. The number of benzene rings is 3. The van der Waals surface area contributed by atoms with Gasteiger partial charge in [0.25, 0.3) is 0 Å². The number of amides is 2. The van der Waals surface area contributed by atoms with Gasteiger partial charge in [-0.3, -0.25) is 0 Å². The number of fused-ring (bicyclic) bond motifs is 1. The fourth-order valence-corrected chi connectivity index (χ4v) is 5.03. The maximum atomic E-state index is 12.4. The molecule has 0 saturated heterocycles. The van der Waals surface area contributed by atoms with Gasteiger partial charge in [-0.1, -0.05) is 66.7 Å². The van der Waals surface area contributed by atoms with Crippen LogP contribution in [0.4, 0.5) is 10.6 Å². The highest BCUT2D eigenvalue weighted by atomic mass is 79.9. The first-order valence-electron chi connectivity index (χ1n) is 12.8. The van der Waals surface area contributed by atoms with Crippen LogP contribution >= 0.6 is 15.9 Å². The number of carbonyl (C=O) groups is 1. The number of urea groups is 1. The molecule has 1 aliphatic carbocycles. The fraction of sp³-hybridized carbons (Fsp3) is 0.167. The second-order valence-electron chi connectivity index (χ2n) is 9.63. The summed E-state index contributed by atoms with van der Waals surface area (Å²) in [6.45, 7) is 1.02. The summed E-state index contributed by atoms with van der Waals surface area (Å²) >= 11 is 3.51. The molecule has 2 heterocycles. The molecule has 0 aliphatic heterocycles. The third kappa shape index (κ3) is 5.58. The van der Waals surface area contributed by atoms with Gasteiger partial charge in [-0.05, 0) is 51.2 Å². The van der Waals surface area contributed by atoms with E-state index in [0.29, 0.717) is 35.9 Å². The lowest BCUT2D eigenvalue weighted by Crippen LogP contribution is -2.36. The van der Waals surface area contributed by atoms with Gasteiger partial charge in [-0.2, -0.15) is 9.61 Å². The van der Waals surface area contributed by atoms with E-state index in [-0.39, 0.29) is 17.8 Å². The minimum absolute atomic E-state index is 0.142. The second kappa shape index (κ2) is 10.8. The summed E-state index contributed by atoms with van der Waals surface area (Å²) in [6.07, 6.45) is 2.68. The third-order valence-electron chi connectivity index (χ3n) is 6.89. The summed E-state index contributed by atoms with van der Waals surface area (Å²) in [5, 5.41) is 24.2. The lowest BCUT2D eigenvalue weighted by molar-refractivity contribution is 0.240. The van der Waals surface area contributed by atoms with Gasteiger partial charge in [0.1, 0.15) is 11.6 Å². The summed E-state index contributed by atoms with van der Waals surface area (Å²) in [6, 6.07) is 27.5. The van der Waals surface area contributed by atoms with Gasteiger partial charge >= 0.3 is 6.03 Å². The number of aromatic hydroxyl groups is 1. The van der Waals surface area contributed by atoms with Crippen LogP contribution in [0.3, 0.4) is 0 Å². The number of aromatic nitrogens is 3. The predicted molar refractivity (Wildman–Crippen MR) is 155 cm³/mol. The summed E-state index contributed by atoms with van der Waals surface area (Å²) in [5.74, 6) is 1.32. The molecule has 196 valence electrons. The minimum atomic E-state index is -0.142. The quantitative estimate of drug-likeness (QED) is 0.184. The Balaban J connectivity index is 1.06. The minimum Gasteiger partial charge on any atom is -0.507 e. The SMILES string of the molecule is O=C(NCc1ccc(CNc2cc(-c3ccccc3O)nc3c(Br)cnn23)cc1)NC1C[C@H]1c1ccccc1. The maximum Gasteiger partial charge on any atom is 0.315 e. The van der Waals surface area contributed by atoms with Crippen molar-refractivity contribution >= 4 is 33.4 Å². The van der Waals surface area contributed by atoms with Crippen molar-refractivity contribution in [2.45, 2.75) is 31.5 Å². The van der Waals surface area contributed by atoms with Crippen molar-refractivity contribution in [2.24, 2.45) is 0 Å². The average Bonchev–Trinajstić information content (AvgIpc) is 3.63. The number of phenolic OH excluding ortho intramolecular Hbond substituents is 1. The van der Waals surface area contributed by atoms with Crippen LogP contribution < -0.4 is 16.0 Å². The van der Waals surface area contributed by atoms with E-state index in [4.69, 9.17) is 0 Å². The Hall–Kier alpha value is -4.37. The summed E-state index contributed by atoms with van der Waals surface area (Å²) in [7, 11) is 0. The monoisotopic (exact) mass is 582 g/mol. The molecule has 1 fully saturated rings. The van der Waals surface area contributed by atoms with Gasteiger partial charge in [0.2, 0.25) is 0 Å². The third-order valence-corrected chi connectivity index (χ3v) is 7.45. The largest absolute Gasteiger partial charge is 0.507 e. The zero-order chi connectivity index (χ0) is 26.8. The molecule has 2 aromatic heterocycles. The molecular weight excluding hydrogens is 556 g/mol. The van der Waals surface area contributed by atoms with E-state index >= 15 is 0 Å². The molecule has 0 radical (unpaired) electrons. The van der Waals surface area contributed by atoms with Crippen LogP contribution in [0.2, 0.25) is 0 Å². The van der Waals surface area contributed by atoms with E-state index in [2.05, 4.69) is 54.1 Å². The first-order chi connectivity index (χ1) is 19.0. The van der Waals surface area contributed by atoms with Gasteiger partial charge in [-0.25, -0.2) is 9.78 Å². The standard InChI is InChI=1S/C30H27BrN6O2/c31-24-18-34-37-28(15-26(35-29(24)37)22-8-4-5-9-27(22)38)32-16-19-10-12-20(13-11-19)17-33-30(39)36-25-14-23(25)21-6-2-1-3-7-21/h1-13,15,18,23,25,32,38H,14,16-17H2,(H2,33,36,39)/t23-,25?/m0/s1. The van der Waals surface area contributed by atoms with Crippen LogP contribution in [-0.2, 0) is 13.1 Å². The molecular formula is C30H27BrN6O2. The van der Waals surface area contributed by atoms with Crippen molar-refractivity contribution in [1.82, 2.24) is 25.2 Å². The zero-order valence-electron chi connectivity index (χ0n) is 21.0. The number of nitrogens with zero attached hydrogens (tertiary/aromatic N) is 3. The Morgan fingerprint density at radius 3 is 2.46 bits per heavy atom. The number of para-hydroxylation sites is 1. The highest BCUT2D eigenvalue weighted by Gasteiger charge is 2.39. The average molecular weight is 583 g/mol. The molecule has 8 nitrogen and oxygen atoms in total. The molecule has 39 heavy (non-hydrogen) atoms. The van der Waals surface area contributed by atoms with E-state index in [1.807, 2.05) is 60.7 Å². The van der Waals surface area contributed by atoms with Crippen molar-refractivity contribution in [3.8, 4) is 17.0 Å². The Kier molecular flexibility index (Phi) is 6.89. The van der Waals surface area contributed by atoms with Crippen molar-refractivity contribution in [1.29, 1.82) is 0 Å². The molecule has 5 aromatic rings. The fourth-order valence-electron chi connectivity index (χ4n) is 4.68. The highest BCUT2D eigenvalue weighted by Crippen LogP contribution is 2.40. The molecule has 0 spiro atoms. The number of carbonyl (C=O) groups excluding carboxylic acids is 1. The first-order valence-corrected chi connectivity index (χ1v) is 13.6. The van der Waals surface area contributed by atoms with E-state index in [9.17, 15) is 9.90 Å². The molecule has 1 unspecified atom stereocenters. The molecule has 3 aromatic carbocycles. The van der Waals surface area contributed by atoms with Crippen molar-refractivity contribution in [2.75, 3.05) is 5.32 Å². The smallest absolute Gasteiger partial charge is 0.315 e. The van der Waals surface area contributed by atoms with Gasteiger partial charge in [0, 0.05) is 36.7 Å². The van der Waals surface area contributed by atoms with Crippen LogP contribution in [0.1, 0.15) is 29.0 Å². The maximum absolute atomic E-state index is 12.4. The molecule has 2 amide bonds. The lowest BCUT2D eigenvalue weighted by atomic mass is 10.1. The van der Waals surface area contributed by atoms with E-state index in [1.54, 1.807) is 22.8 Å². The Bertz CT molecular complexity index is 1620. The Morgan fingerprint density at radius 1 is 0.974 bits per heavy atom. The molecule has 9 heteroatoms. The number of nitrogens with one attached hydrogen (secondary N) is 3. The van der Waals surface area contributed by atoms with Crippen molar-refractivity contribution in [3.63, 3.8) is 0 Å². The van der Waals surface area contributed by atoms with Gasteiger partial charge in [0.15, 0.2) is 5.65 Å². The number of halogens is 1. The van der Waals surface area contributed by atoms with Crippen LogP contribution in [0.15, 0.2) is 95.6 Å². The van der Waals surface area contributed by atoms with Crippen molar-refractivity contribution in [3.05, 3.63) is 112 Å². The van der Waals surface area contributed by atoms with Gasteiger partial charge < -0.3 is 21.1 Å². The summed E-state index contributed by atoms with van der Waals surface area (Å²) in [5.41, 5.74) is 5.31.